The monoisotopic (exact) mass is 910 g/mol. The molecule has 0 saturated heterocycles. The van der Waals surface area contributed by atoms with Gasteiger partial charge in [-0.3, -0.25) is 0 Å². The van der Waals surface area contributed by atoms with Crippen molar-refractivity contribution in [3.8, 4) is 67.5 Å². The Morgan fingerprint density at radius 1 is 0.324 bits per heavy atom. The van der Waals surface area contributed by atoms with Gasteiger partial charge in [0.05, 0.1) is 0 Å². The van der Waals surface area contributed by atoms with Crippen LogP contribution in [0.1, 0.15) is 0 Å². The summed E-state index contributed by atoms with van der Waals surface area (Å²) < 4.78 is 43.3. The van der Waals surface area contributed by atoms with Gasteiger partial charge in [-0.2, -0.15) is 0 Å². The van der Waals surface area contributed by atoms with Crippen LogP contribution in [-0.2, 0) is 38.1 Å². The van der Waals surface area contributed by atoms with Gasteiger partial charge in [0.15, 0.2) is 0 Å². The van der Waals surface area contributed by atoms with Crippen molar-refractivity contribution >= 4 is 45.4 Å². The van der Waals surface area contributed by atoms with Gasteiger partial charge in [-0.05, 0) is 127 Å². The zero-order chi connectivity index (χ0) is 47.8. The lowest BCUT2D eigenvalue weighted by atomic mass is 9.83. The van der Waals surface area contributed by atoms with Crippen molar-refractivity contribution in [1.29, 1.82) is 0 Å². The summed E-state index contributed by atoms with van der Waals surface area (Å²) in [6, 6.07) is 43.3. The van der Waals surface area contributed by atoms with E-state index in [0.717, 1.165) is 90.4 Å². The number of hydrogen-bond acceptors (Lipinski definition) is 12. The van der Waals surface area contributed by atoms with E-state index in [1.165, 1.54) is 0 Å². The zero-order valence-corrected chi connectivity index (χ0v) is 37.0. The van der Waals surface area contributed by atoms with E-state index in [0.29, 0.717) is 23.0 Å². The maximum absolute atomic E-state index is 11.7. The van der Waals surface area contributed by atoms with E-state index in [9.17, 15) is 19.2 Å². The Kier molecular flexibility index (Phi) is 15.8. The number of carbonyl (C=O) groups excluding carboxylic acids is 4. The van der Waals surface area contributed by atoms with Crippen LogP contribution in [0.2, 0.25) is 0 Å². The van der Waals surface area contributed by atoms with Crippen LogP contribution in [-0.4, -0.2) is 63.9 Å². The summed E-state index contributed by atoms with van der Waals surface area (Å²) in [6.07, 6.45) is 4.36. The molecule has 0 aliphatic heterocycles. The minimum absolute atomic E-state index is 0.0622. The second kappa shape index (κ2) is 22.8. The van der Waals surface area contributed by atoms with Crippen LogP contribution in [0.3, 0.4) is 0 Å². The molecule has 0 aliphatic rings. The summed E-state index contributed by atoms with van der Waals surface area (Å²) >= 11 is 0. The summed E-state index contributed by atoms with van der Waals surface area (Å²) in [4.78, 5) is 46.3. The molecule has 12 heteroatoms. The number of esters is 4. The molecule has 0 radical (unpaired) electrons. The SMILES string of the molecule is C=CC(=O)OCCOc1ccc(-c2ccc3c(c2)c(-c2ccc(OCCOC(=O)C=C)cc2)c(-c2ccc(OCOC(=O)C=C)cc2)c2cc(-c4ccc(OCOC(=O)C=C)cc4)ccc23)cc1. The maximum atomic E-state index is 11.7. The molecule has 0 spiro atoms. The van der Waals surface area contributed by atoms with Gasteiger partial charge in [0.1, 0.15) is 49.4 Å². The van der Waals surface area contributed by atoms with Gasteiger partial charge < -0.3 is 37.9 Å². The molecule has 7 aromatic rings. The Balaban J connectivity index is 1.35. The van der Waals surface area contributed by atoms with Crippen molar-refractivity contribution < 1.29 is 57.1 Å². The molecule has 7 aromatic carbocycles. The number of ether oxygens (including phenoxy) is 8. The third kappa shape index (κ3) is 11.9. The summed E-state index contributed by atoms with van der Waals surface area (Å²) in [5.41, 5.74) is 7.43. The first-order chi connectivity index (χ1) is 33.2. The van der Waals surface area contributed by atoms with Crippen LogP contribution in [0, 0.1) is 0 Å². The van der Waals surface area contributed by atoms with Crippen LogP contribution in [0.15, 0.2) is 184 Å². The van der Waals surface area contributed by atoms with Gasteiger partial charge in [-0.25, -0.2) is 19.2 Å². The van der Waals surface area contributed by atoms with Gasteiger partial charge in [0.25, 0.3) is 0 Å². The van der Waals surface area contributed by atoms with E-state index in [1.807, 2.05) is 97.1 Å². The molecule has 0 aliphatic carbocycles. The summed E-state index contributed by atoms with van der Waals surface area (Å²) in [7, 11) is 0. The maximum Gasteiger partial charge on any atom is 0.333 e. The molecule has 0 amide bonds. The molecule has 68 heavy (non-hydrogen) atoms. The molecule has 0 saturated carbocycles. The molecule has 342 valence electrons. The van der Waals surface area contributed by atoms with Crippen LogP contribution < -0.4 is 18.9 Å². The quantitative estimate of drug-likeness (QED) is 0.0159. The largest absolute Gasteiger partial charge is 0.490 e. The van der Waals surface area contributed by atoms with Crippen molar-refractivity contribution in [2.75, 3.05) is 40.0 Å². The minimum atomic E-state index is -0.596. The molecule has 0 N–H and O–H groups in total. The molecule has 0 unspecified atom stereocenters. The number of fused-ring (bicyclic) bond motifs is 3. The second-order valence-electron chi connectivity index (χ2n) is 14.7. The Morgan fingerprint density at radius 2 is 0.618 bits per heavy atom. The van der Waals surface area contributed by atoms with Crippen LogP contribution >= 0.6 is 0 Å². The van der Waals surface area contributed by atoms with E-state index in [4.69, 9.17) is 37.9 Å². The van der Waals surface area contributed by atoms with Crippen LogP contribution in [0.5, 0.6) is 23.0 Å². The molecular formula is C56H46O12. The first kappa shape index (κ1) is 47.1. The smallest absolute Gasteiger partial charge is 0.333 e. The Labute approximate surface area is 392 Å². The predicted octanol–water partition coefficient (Wildman–Crippen LogP) is 11.0. The number of carbonyl (C=O) groups is 4. The third-order valence-corrected chi connectivity index (χ3v) is 10.5. The molecular weight excluding hydrogens is 865 g/mol. The zero-order valence-electron chi connectivity index (χ0n) is 37.0. The Bertz CT molecular complexity index is 2970. The standard InChI is InChI=1S/C56H46O12/c1-5-51(57)63-31-29-61-43-19-9-37(10-20-43)41-17-27-47-48-28-18-42(38-11-21-45(22-12-38)65-35-67-53(59)7-3)34-50(48)56(40-15-25-46(26-16-40)66-36-68-54(60)8-4)55(49(47)33-41)39-13-23-44(24-14-39)62-30-32-64-52(58)6-2/h5-28,33-34H,1-4,29-32,35-36H2. The first-order valence-corrected chi connectivity index (χ1v) is 21.3. The van der Waals surface area contributed by atoms with Crippen molar-refractivity contribution in [2.24, 2.45) is 0 Å². The van der Waals surface area contributed by atoms with E-state index >= 15 is 0 Å². The number of hydrogen-bond donors (Lipinski definition) is 0. The third-order valence-electron chi connectivity index (χ3n) is 10.5. The lowest BCUT2D eigenvalue weighted by Crippen LogP contribution is -2.10. The van der Waals surface area contributed by atoms with E-state index < -0.39 is 23.9 Å². The van der Waals surface area contributed by atoms with Crippen molar-refractivity contribution in [1.82, 2.24) is 0 Å². The topological polar surface area (TPSA) is 142 Å². The molecule has 12 nitrogen and oxygen atoms in total. The van der Waals surface area contributed by atoms with Crippen molar-refractivity contribution in [3.63, 3.8) is 0 Å². The van der Waals surface area contributed by atoms with Gasteiger partial charge in [0, 0.05) is 24.3 Å². The van der Waals surface area contributed by atoms with Crippen molar-refractivity contribution in [3.05, 3.63) is 184 Å². The molecule has 7 rings (SSSR count). The highest BCUT2D eigenvalue weighted by atomic mass is 16.7. The molecule has 0 atom stereocenters. The van der Waals surface area contributed by atoms with Crippen molar-refractivity contribution in [2.45, 2.75) is 0 Å². The minimum Gasteiger partial charge on any atom is -0.490 e. The second-order valence-corrected chi connectivity index (χ2v) is 14.7. The fraction of sp³-hybridized carbons (Fsp3) is 0.107. The summed E-state index contributed by atoms with van der Waals surface area (Å²) in [5, 5.41) is 3.95. The van der Waals surface area contributed by atoms with Gasteiger partial charge in [0.2, 0.25) is 13.6 Å². The number of benzene rings is 7. The molecule has 0 heterocycles. The average molecular weight is 911 g/mol. The average Bonchev–Trinajstić information content (AvgIpc) is 3.38. The number of rotatable bonds is 22. The first-order valence-electron chi connectivity index (χ1n) is 21.3. The normalized spacial score (nSPS) is 10.6. The van der Waals surface area contributed by atoms with Crippen LogP contribution in [0.25, 0.3) is 66.1 Å². The molecule has 0 bridgehead atoms. The molecule has 0 aromatic heterocycles. The lowest BCUT2D eigenvalue weighted by molar-refractivity contribution is -0.145. The fourth-order valence-electron chi connectivity index (χ4n) is 7.27. The summed E-state index contributed by atoms with van der Waals surface area (Å²) in [5.74, 6) is 0.0125. The highest BCUT2D eigenvalue weighted by Crippen LogP contribution is 2.47. The highest BCUT2D eigenvalue weighted by molar-refractivity contribution is 6.22. The van der Waals surface area contributed by atoms with E-state index in [1.54, 1.807) is 0 Å². The summed E-state index contributed by atoms with van der Waals surface area (Å²) in [6.45, 7) is 13.6. The van der Waals surface area contributed by atoms with Gasteiger partial charge >= 0.3 is 23.9 Å². The Morgan fingerprint density at radius 3 is 0.956 bits per heavy atom. The Hall–Kier alpha value is -8.90. The van der Waals surface area contributed by atoms with Gasteiger partial charge in [-0.15, -0.1) is 0 Å². The predicted molar refractivity (Wildman–Crippen MR) is 260 cm³/mol. The lowest BCUT2D eigenvalue weighted by Gasteiger charge is -2.21. The van der Waals surface area contributed by atoms with E-state index in [2.05, 4.69) is 62.7 Å². The van der Waals surface area contributed by atoms with Crippen LogP contribution in [0.4, 0.5) is 0 Å². The van der Waals surface area contributed by atoms with Gasteiger partial charge in [-0.1, -0.05) is 99.1 Å². The highest BCUT2D eigenvalue weighted by Gasteiger charge is 2.20. The molecule has 0 fully saturated rings. The fourth-order valence-corrected chi connectivity index (χ4v) is 7.27. The van der Waals surface area contributed by atoms with E-state index in [-0.39, 0.29) is 40.0 Å².